The van der Waals surface area contributed by atoms with Crippen LogP contribution < -0.4 is 11.1 Å². The SMILES string of the molecule is CC(C)(CCN)Nc1ccc(C2CCCCC2)cc1. The molecular formula is C17H28N2. The molecule has 1 aromatic carbocycles. The molecule has 106 valence electrons. The van der Waals surface area contributed by atoms with Crippen molar-refractivity contribution in [1.29, 1.82) is 0 Å². The maximum absolute atomic E-state index is 5.65. The highest BCUT2D eigenvalue weighted by molar-refractivity contribution is 5.47. The van der Waals surface area contributed by atoms with E-state index >= 15 is 0 Å². The highest BCUT2D eigenvalue weighted by atomic mass is 15.0. The maximum Gasteiger partial charge on any atom is 0.0344 e. The number of benzene rings is 1. The molecule has 0 radical (unpaired) electrons. The summed E-state index contributed by atoms with van der Waals surface area (Å²) in [5.74, 6) is 0.792. The van der Waals surface area contributed by atoms with Gasteiger partial charge in [-0.25, -0.2) is 0 Å². The quantitative estimate of drug-likeness (QED) is 0.829. The Morgan fingerprint density at radius 3 is 2.32 bits per heavy atom. The average Bonchev–Trinajstić information content (AvgIpc) is 2.40. The molecule has 0 bridgehead atoms. The van der Waals surface area contributed by atoms with Gasteiger partial charge in [0.15, 0.2) is 0 Å². The summed E-state index contributed by atoms with van der Waals surface area (Å²) in [7, 11) is 0. The lowest BCUT2D eigenvalue weighted by Gasteiger charge is -2.27. The molecule has 1 aliphatic carbocycles. The van der Waals surface area contributed by atoms with E-state index in [0.717, 1.165) is 18.9 Å². The van der Waals surface area contributed by atoms with Gasteiger partial charge >= 0.3 is 0 Å². The smallest absolute Gasteiger partial charge is 0.0344 e. The minimum Gasteiger partial charge on any atom is -0.380 e. The van der Waals surface area contributed by atoms with E-state index in [-0.39, 0.29) is 5.54 Å². The van der Waals surface area contributed by atoms with Crippen molar-refractivity contribution in [2.24, 2.45) is 5.73 Å². The molecule has 0 spiro atoms. The van der Waals surface area contributed by atoms with E-state index in [0.29, 0.717) is 0 Å². The molecule has 1 aliphatic rings. The lowest BCUT2D eigenvalue weighted by atomic mass is 9.84. The highest BCUT2D eigenvalue weighted by Crippen LogP contribution is 2.33. The summed E-state index contributed by atoms with van der Waals surface area (Å²) in [6.07, 6.45) is 7.93. The molecule has 0 atom stereocenters. The van der Waals surface area contributed by atoms with Gasteiger partial charge in [-0.1, -0.05) is 31.4 Å². The van der Waals surface area contributed by atoms with Gasteiger partial charge in [0.05, 0.1) is 0 Å². The Morgan fingerprint density at radius 2 is 1.74 bits per heavy atom. The minimum absolute atomic E-state index is 0.0705. The van der Waals surface area contributed by atoms with Crippen LogP contribution in [0.3, 0.4) is 0 Å². The zero-order chi connectivity index (χ0) is 13.7. The summed E-state index contributed by atoms with van der Waals surface area (Å²) in [6, 6.07) is 9.05. The van der Waals surface area contributed by atoms with Crippen molar-refractivity contribution in [2.75, 3.05) is 11.9 Å². The van der Waals surface area contributed by atoms with Crippen LogP contribution in [0, 0.1) is 0 Å². The second-order valence-electron chi connectivity index (χ2n) is 6.50. The van der Waals surface area contributed by atoms with Crippen molar-refractivity contribution in [3.05, 3.63) is 29.8 Å². The predicted octanol–water partition coefficient (Wildman–Crippen LogP) is 4.27. The molecule has 19 heavy (non-hydrogen) atoms. The molecule has 1 aromatic rings. The first kappa shape index (κ1) is 14.4. The van der Waals surface area contributed by atoms with E-state index in [1.807, 2.05) is 0 Å². The molecule has 2 nitrogen and oxygen atoms in total. The van der Waals surface area contributed by atoms with Crippen molar-refractivity contribution < 1.29 is 0 Å². The van der Waals surface area contributed by atoms with Crippen LogP contribution >= 0.6 is 0 Å². The summed E-state index contributed by atoms with van der Waals surface area (Å²) in [5.41, 5.74) is 8.44. The molecule has 0 amide bonds. The largest absolute Gasteiger partial charge is 0.380 e. The fraction of sp³-hybridized carbons (Fsp3) is 0.647. The molecule has 0 aromatic heterocycles. The summed E-state index contributed by atoms with van der Waals surface area (Å²) >= 11 is 0. The first-order valence-corrected chi connectivity index (χ1v) is 7.69. The molecule has 0 aliphatic heterocycles. The number of anilines is 1. The van der Waals surface area contributed by atoms with Gasteiger partial charge in [0.2, 0.25) is 0 Å². The van der Waals surface area contributed by atoms with Crippen molar-refractivity contribution in [1.82, 2.24) is 0 Å². The normalized spacial score (nSPS) is 17.4. The van der Waals surface area contributed by atoms with Gasteiger partial charge in [-0.2, -0.15) is 0 Å². The van der Waals surface area contributed by atoms with E-state index in [9.17, 15) is 0 Å². The first-order chi connectivity index (χ1) is 9.11. The summed E-state index contributed by atoms with van der Waals surface area (Å²) in [6.45, 7) is 5.13. The third-order valence-electron chi connectivity index (χ3n) is 4.24. The van der Waals surface area contributed by atoms with E-state index in [1.54, 1.807) is 0 Å². The number of hydrogen-bond donors (Lipinski definition) is 2. The Kier molecular flexibility index (Phi) is 4.87. The van der Waals surface area contributed by atoms with Crippen LogP contribution in [0.1, 0.15) is 63.9 Å². The van der Waals surface area contributed by atoms with Crippen molar-refractivity contribution >= 4 is 5.69 Å². The van der Waals surface area contributed by atoms with Gasteiger partial charge in [0.1, 0.15) is 0 Å². The second kappa shape index (κ2) is 6.42. The first-order valence-electron chi connectivity index (χ1n) is 7.69. The fourth-order valence-electron chi connectivity index (χ4n) is 3.09. The van der Waals surface area contributed by atoms with Crippen molar-refractivity contribution in [3.63, 3.8) is 0 Å². The summed E-state index contributed by atoms with van der Waals surface area (Å²) in [4.78, 5) is 0. The van der Waals surface area contributed by atoms with Crippen LogP contribution in [0.15, 0.2) is 24.3 Å². The van der Waals surface area contributed by atoms with E-state index < -0.39 is 0 Å². The van der Waals surface area contributed by atoms with Crippen LogP contribution in [0.25, 0.3) is 0 Å². The number of hydrogen-bond acceptors (Lipinski definition) is 2. The highest BCUT2D eigenvalue weighted by Gasteiger charge is 2.17. The van der Waals surface area contributed by atoms with Crippen LogP contribution in [-0.2, 0) is 0 Å². The Morgan fingerprint density at radius 1 is 1.11 bits per heavy atom. The summed E-state index contributed by atoms with van der Waals surface area (Å²) in [5, 5.41) is 3.57. The zero-order valence-corrected chi connectivity index (χ0v) is 12.4. The molecule has 0 saturated heterocycles. The van der Waals surface area contributed by atoms with E-state index in [1.165, 1.54) is 43.4 Å². The van der Waals surface area contributed by atoms with Crippen LogP contribution in [0.2, 0.25) is 0 Å². The van der Waals surface area contributed by atoms with Gasteiger partial charge in [-0.3, -0.25) is 0 Å². The lowest BCUT2D eigenvalue weighted by molar-refractivity contribution is 0.443. The number of nitrogens with one attached hydrogen (secondary N) is 1. The van der Waals surface area contributed by atoms with E-state index in [4.69, 9.17) is 5.73 Å². The number of rotatable bonds is 5. The van der Waals surface area contributed by atoms with Crippen LogP contribution in [0.5, 0.6) is 0 Å². The molecule has 0 unspecified atom stereocenters. The molecule has 0 heterocycles. The van der Waals surface area contributed by atoms with Crippen molar-refractivity contribution in [3.8, 4) is 0 Å². The Balaban J connectivity index is 1.97. The average molecular weight is 260 g/mol. The molecule has 1 fully saturated rings. The topological polar surface area (TPSA) is 38.0 Å². The fourth-order valence-corrected chi connectivity index (χ4v) is 3.09. The van der Waals surface area contributed by atoms with Gasteiger partial charge < -0.3 is 11.1 Å². The second-order valence-corrected chi connectivity index (χ2v) is 6.50. The Labute approximate surface area is 117 Å². The monoisotopic (exact) mass is 260 g/mol. The Hall–Kier alpha value is -1.02. The molecule has 1 saturated carbocycles. The van der Waals surface area contributed by atoms with E-state index in [2.05, 4.69) is 43.4 Å². The van der Waals surface area contributed by atoms with Gasteiger partial charge in [-0.05, 0) is 63.3 Å². The zero-order valence-electron chi connectivity index (χ0n) is 12.4. The van der Waals surface area contributed by atoms with Crippen LogP contribution in [0.4, 0.5) is 5.69 Å². The van der Waals surface area contributed by atoms with Crippen LogP contribution in [-0.4, -0.2) is 12.1 Å². The summed E-state index contributed by atoms with van der Waals surface area (Å²) < 4.78 is 0. The standard InChI is InChI=1S/C17H28N2/c1-17(2,12-13-18)19-16-10-8-15(9-11-16)14-6-4-3-5-7-14/h8-11,14,19H,3-7,12-13,18H2,1-2H3. The molecule has 3 N–H and O–H groups in total. The third kappa shape index (κ3) is 4.24. The lowest BCUT2D eigenvalue weighted by Crippen LogP contribution is -2.33. The molecule has 2 rings (SSSR count). The Bertz CT molecular complexity index is 375. The van der Waals surface area contributed by atoms with Gasteiger partial charge in [-0.15, -0.1) is 0 Å². The molecule has 2 heteroatoms. The van der Waals surface area contributed by atoms with Gasteiger partial charge in [0, 0.05) is 11.2 Å². The maximum atomic E-state index is 5.65. The number of nitrogens with two attached hydrogens (primary N) is 1. The predicted molar refractivity (Wildman–Crippen MR) is 83.6 cm³/mol. The third-order valence-corrected chi connectivity index (χ3v) is 4.24. The van der Waals surface area contributed by atoms with Gasteiger partial charge in [0.25, 0.3) is 0 Å². The minimum atomic E-state index is 0.0705. The molecular weight excluding hydrogens is 232 g/mol. The van der Waals surface area contributed by atoms with Crippen molar-refractivity contribution in [2.45, 2.75) is 63.8 Å².